The van der Waals surface area contributed by atoms with Crippen LogP contribution in [-0.4, -0.2) is 27.3 Å². The number of hydrogen-bond donors (Lipinski definition) is 1. The highest BCUT2D eigenvalue weighted by molar-refractivity contribution is 7.85. The monoisotopic (exact) mass is 199 g/mol. The zero-order chi connectivity index (χ0) is 9.47. The smallest absolute Gasteiger partial charge is 0.290 e. The molecule has 13 heavy (non-hydrogen) atoms. The number of rotatable bonds is 1. The molecule has 2 heterocycles. The van der Waals surface area contributed by atoms with Gasteiger partial charge in [-0.25, -0.2) is 9.97 Å². The molecule has 0 atom stereocenters. The number of fused-ring (bicyclic) bond motifs is 1. The van der Waals surface area contributed by atoms with Crippen molar-refractivity contribution in [2.45, 2.75) is 4.90 Å². The van der Waals surface area contributed by atoms with E-state index in [2.05, 4.69) is 9.97 Å². The summed E-state index contributed by atoms with van der Waals surface area (Å²) in [5, 5.41) is 0. The fraction of sp³-hybridized carbons (Fsp3) is 0. The normalized spacial score (nSPS) is 12.1. The molecule has 0 spiro atoms. The molecule has 0 unspecified atom stereocenters. The van der Waals surface area contributed by atoms with Gasteiger partial charge in [-0.05, 0) is 0 Å². The van der Waals surface area contributed by atoms with Gasteiger partial charge >= 0.3 is 0 Å². The van der Waals surface area contributed by atoms with E-state index in [4.69, 9.17) is 4.55 Å². The van der Waals surface area contributed by atoms with Crippen LogP contribution in [0.2, 0.25) is 0 Å². The Bertz CT molecular complexity index is 545. The lowest BCUT2D eigenvalue weighted by atomic mass is 10.6. The molecule has 7 heteroatoms. The third kappa shape index (κ3) is 1.38. The van der Waals surface area contributed by atoms with Gasteiger partial charge in [-0.3, -0.25) is 8.95 Å². The highest BCUT2D eigenvalue weighted by Gasteiger charge is 2.10. The van der Waals surface area contributed by atoms with Gasteiger partial charge in [-0.2, -0.15) is 8.42 Å². The molecule has 68 valence electrons. The summed E-state index contributed by atoms with van der Waals surface area (Å²) >= 11 is 0. The van der Waals surface area contributed by atoms with E-state index in [1.807, 2.05) is 0 Å². The molecular formula is C6H5N3O3S. The topological polar surface area (TPSA) is 84.6 Å². The minimum Gasteiger partial charge on any atom is -0.290 e. The molecule has 2 aromatic heterocycles. The maximum absolute atomic E-state index is 10.7. The second-order valence-electron chi connectivity index (χ2n) is 2.40. The molecule has 0 saturated heterocycles. The maximum Gasteiger partial charge on any atom is 0.297 e. The van der Waals surface area contributed by atoms with E-state index in [-0.39, 0.29) is 4.90 Å². The van der Waals surface area contributed by atoms with E-state index in [1.165, 1.54) is 23.0 Å². The van der Waals surface area contributed by atoms with E-state index in [0.717, 1.165) is 6.20 Å². The molecule has 0 aromatic carbocycles. The molecule has 0 fully saturated rings. The van der Waals surface area contributed by atoms with Crippen molar-refractivity contribution in [1.82, 2.24) is 14.4 Å². The molecule has 2 aromatic rings. The largest absolute Gasteiger partial charge is 0.297 e. The van der Waals surface area contributed by atoms with Crippen LogP contribution in [0.15, 0.2) is 29.7 Å². The van der Waals surface area contributed by atoms with Crippen LogP contribution in [0.3, 0.4) is 0 Å². The molecule has 0 aliphatic rings. The SMILES string of the molecule is O=S(=O)(O)c1cnc2nccn2c1. The summed E-state index contributed by atoms with van der Waals surface area (Å²) < 4.78 is 31.5. The third-order valence-corrected chi connectivity index (χ3v) is 2.33. The first kappa shape index (κ1) is 8.14. The van der Waals surface area contributed by atoms with E-state index >= 15 is 0 Å². The maximum atomic E-state index is 10.7. The fourth-order valence-electron chi connectivity index (χ4n) is 0.931. The quantitative estimate of drug-likeness (QED) is 0.652. The zero-order valence-electron chi connectivity index (χ0n) is 6.32. The van der Waals surface area contributed by atoms with Gasteiger partial charge in [0.2, 0.25) is 5.78 Å². The Kier molecular flexibility index (Phi) is 1.57. The summed E-state index contributed by atoms with van der Waals surface area (Å²) in [4.78, 5) is 7.29. The second kappa shape index (κ2) is 2.51. The number of nitrogens with zero attached hydrogens (tertiary/aromatic N) is 3. The molecule has 6 nitrogen and oxygen atoms in total. The van der Waals surface area contributed by atoms with Crippen molar-refractivity contribution in [1.29, 1.82) is 0 Å². The minimum absolute atomic E-state index is 0.252. The van der Waals surface area contributed by atoms with Gasteiger partial charge in [0.1, 0.15) is 4.90 Å². The summed E-state index contributed by atoms with van der Waals surface area (Å²) in [6.45, 7) is 0. The van der Waals surface area contributed by atoms with Crippen LogP contribution in [0, 0.1) is 0 Å². The van der Waals surface area contributed by atoms with E-state index in [9.17, 15) is 8.42 Å². The third-order valence-electron chi connectivity index (χ3n) is 1.52. The molecule has 1 N–H and O–H groups in total. The van der Waals surface area contributed by atoms with Crippen LogP contribution in [0.5, 0.6) is 0 Å². The number of hydrogen-bond acceptors (Lipinski definition) is 4. The lowest BCUT2D eigenvalue weighted by Gasteiger charge is -1.96. The van der Waals surface area contributed by atoms with Crippen molar-refractivity contribution in [2.24, 2.45) is 0 Å². The van der Waals surface area contributed by atoms with Gasteiger partial charge < -0.3 is 0 Å². The summed E-state index contributed by atoms with van der Waals surface area (Å²) in [7, 11) is -4.18. The summed E-state index contributed by atoms with van der Waals surface area (Å²) in [5.74, 6) is 0.382. The average Bonchev–Trinajstić information content (AvgIpc) is 2.47. The van der Waals surface area contributed by atoms with Gasteiger partial charge in [-0.1, -0.05) is 0 Å². The van der Waals surface area contributed by atoms with Crippen molar-refractivity contribution >= 4 is 15.9 Å². The predicted molar refractivity (Wildman–Crippen MR) is 42.8 cm³/mol. The van der Waals surface area contributed by atoms with Crippen LogP contribution >= 0.6 is 0 Å². The average molecular weight is 199 g/mol. The van der Waals surface area contributed by atoms with Crippen molar-refractivity contribution in [3.8, 4) is 0 Å². The first-order valence-corrected chi connectivity index (χ1v) is 4.77. The van der Waals surface area contributed by atoms with Crippen LogP contribution in [-0.2, 0) is 10.1 Å². The number of aromatic nitrogens is 3. The Morgan fingerprint density at radius 3 is 2.85 bits per heavy atom. The van der Waals surface area contributed by atoms with Gasteiger partial charge in [0.25, 0.3) is 10.1 Å². The van der Waals surface area contributed by atoms with Crippen LogP contribution in [0.4, 0.5) is 0 Å². The van der Waals surface area contributed by atoms with Crippen LogP contribution < -0.4 is 0 Å². The minimum atomic E-state index is -4.18. The Balaban J connectivity index is 2.75. The molecule has 0 amide bonds. The van der Waals surface area contributed by atoms with Crippen LogP contribution in [0.1, 0.15) is 0 Å². The zero-order valence-corrected chi connectivity index (χ0v) is 7.14. The predicted octanol–water partition coefficient (Wildman–Crippen LogP) is -0.0240. The van der Waals surface area contributed by atoms with Crippen molar-refractivity contribution in [3.05, 3.63) is 24.8 Å². The van der Waals surface area contributed by atoms with Gasteiger partial charge in [-0.15, -0.1) is 0 Å². The molecule has 2 rings (SSSR count). The van der Waals surface area contributed by atoms with Gasteiger partial charge in [0, 0.05) is 18.6 Å². The molecule has 0 bridgehead atoms. The highest BCUT2D eigenvalue weighted by atomic mass is 32.2. The summed E-state index contributed by atoms with van der Waals surface area (Å²) in [6.07, 6.45) is 5.31. The second-order valence-corrected chi connectivity index (χ2v) is 3.82. The fourth-order valence-corrected chi connectivity index (χ4v) is 1.36. The van der Waals surface area contributed by atoms with Crippen LogP contribution in [0.25, 0.3) is 5.78 Å². The van der Waals surface area contributed by atoms with E-state index < -0.39 is 10.1 Å². The Labute approximate surface area is 73.6 Å². The van der Waals surface area contributed by atoms with Gasteiger partial charge in [0.15, 0.2) is 0 Å². The van der Waals surface area contributed by atoms with Crippen molar-refractivity contribution in [2.75, 3.05) is 0 Å². The molecule has 0 aliphatic heterocycles. The summed E-state index contributed by atoms with van der Waals surface area (Å²) in [5.41, 5.74) is 0. The van der Waals surface area contributed by atoms with E-state index in [1.54, 1.807) is 0 Å². The highest BCUT2D eigenvalue weighted by Crippen LogP contribution is 2.06. The molecular weight excluding hydrogens is 194 g/mol. The molecule has 0 aliphatic carbocycles. The lowest BCUT2D eigenvalue weighted by molar-refractivity contribution is 0.482. The first-order valence-electron chi connectivity index (χ1n) is 3.33. The Hall–Kier alpha value is -1.47. The molecule has 0 radical (unpaired) electrons. The molecule has 0 saturated carbocycles. The standard InChI is InChI=1S/C6H5N3O3S/c10-13(11,12)5-3-8-6-7-1-2-9(6)4-5/h1-4H,(H,10,11,12). The first-order chi connectivity index (χ1) is 6.07. The lowest BCUT2D eigenvalue weighted by Crippen LogP contribution is -2.01. The Morgan fingerprint density at radius 1 is 1.38 bits per heavy atom. The van der Waals surface area contributed by atoms with E-state index in [0.29, 0.717) is 5.78 Å². The van der Waals surface area contributed by atoms with Gasteiger partial charge in [0.05, 0.1) is 6.20 Å². The summed E-state index contributed by atoms with van der Waals surface area (Å²) in [6, 6.07) is 0. The Morgan fingerprint density at radius 2 is 2.15 bits per heavy atom. The number of imidazole rings is 1. The van der Waals surface area contributed by atoms with Crippen molar-refractivity contribution < 1.29 is 13.0 Å². The van der Waals surface area contributed by atoms with Crippen molar-refractivity contribution in [3.63, 3.8) is 0 Å².